The van der Waals surface area contributed by atoms with Gasteiger partial charge in [0.25, 0.3) is 0 Å². The Morgan fingerprint density at radius 2 is 1.71 bits per heavy atom. The maximum Gasteiger partial charge on any atom is 0.199 e. The predicted octanol–water partition coefficient (Wildman–Crippen LogP) is 3.16. The fraction of sp³-hybridized carbons (Fsp3) is 0.167. The Morgan fingerprint density at radius 1 is 1.00 bits per heavy atom. The maximum atomic E-state index is 6.00. The Kier molecular flexibility index (Phi) is 3.48. The minimum atomic E-state index is 0.802. The molecule has 21 heavy (non-hydrogen) atoms. The Hall–Kier alpha value is -2.55. The fourth-order valence-electron chi connectivity index (χ4n) is 2.34. The summed E-state index contributed by atoms with van der Waals surface area (Å²) in [6.45, 7) is 0. The van der Waals surface area contributed by atoms with Gasteiger partial charge in [0.1, 0.15) is 31.4 Å². The van der Waals surface area contributed by atoms with Crippen molar-refractivity contribution in [2.45, 2.75) is 0 Å². The zero-order valence-corrected chi connectivity index (χ0v) is 12.5. The SMILES string of the molecule is COC1=CC(=C2C=CC(=[N+](C)C)C=C2)Oc2ccccc21. The number of hydrogen-bond acceptors (Lipinski definition) is 2. The van der Waals surface area contributed by atoms with Gasteiger partial charge in [-0.3, -0.25) is 0 Å². The number of allylic oxidation sites excluding steroid dienone is 6. The van der Waals surface area contributed by atoms with Crippen molar-refractivity contribution in [3.8, 4) is 5.75 Å². The molecule has 106 valence electrons. The predicted molar refractivity (Wildman–Crippen MR) is 84.5 cm³/mol. The van der Waals surface area contributed by atoms with Gasteiger partial charge in [-0.05, 0) is 24.3 Å². The third-order valence-corrected chi connectivity index (χ3v) is 3.52. The molecule has 1 aliphatic carbocycles. The highest BCUT2D eigenvalue weighted by atomic mass is 16.5. The monoisotopic (exact) mass is 280 g/mol. The number of nitrogens with zero attached hydrogens (tertiary/aromatic N) is 1. The van der Waals surface area contributed by atoms with Gasteiger partial charge in [-0.2, -0.15) is 0 Å². The molecule has 3 rings (SSSR count). The van der Waals surface area contributed by atoms with Crippen LogP contribution in [0.15, 0.2) is 66.0 Å². The number of hydrogen-bond donors (Lipinski definition) is 0. The molecule has 1 heterocycles. The van der Waals surface area contributed by atoms with Gasteiger partial charge in [0.15, 0.2) is 5.71 Å². The summed E-state index contributed by atoms with van der Waals surface area (Å²) in [5.41, 5.74) is 3.17. The highest BCUT2D eigenvalue weighted by Gasteiger charge is 2.19. The molecule has 1 aliphatic heterocycles. The standard InChI is InChI=1S/C18H18NO2/c1-19(2)14-10-8-13(9-11-14)17-12-18(20-3)15-6-4-5-7-16(15)21-17/h4-12H,1-3H3/q+1. The third kappa shape index (κ3) is 2.55. The van der Waals surface area contributed by atoms with Gasteiger partial charge in [-0.1, -0.05) is 12.1 Å². The summed E-state index contributed by atoms with van der Waals surface area (Å²) >= 11 is 0. The van der Waals surface area contributed by atoms with Gasteiger partial charge < -0.3 is 9.47 Å². The Bertz CT molecular complexity index is 711. The van der Waals surface area contributed by atoms with E-state index in [0.29, 0.717) is 0 Å². The van der Waals surface area contributed by atoms with Crippen LogP contribution in [-0.4, -0.2) is 31.5 Å². The molecule has 0 bridgehead atoms. The molecule has 1 aromatic rings. The summed E-state index contributed by atoms with van der Waals surface area (Å²) in [6, 6.07) is 7.89. The first-order valence-corrected chi connectivity index (χ1v) is 6.86. The topological polar surface area (TPSA) is 21.5 Å². The molecule has 0 aromatic heterocycles. The maximum absolute atomic E-state index is 6.00. The molecule has 0 fully saturated rings. The van der Waals surface area contributed by atoms with E-state index in [0.717, 1.165) is 34.1 Å². The van der Waals surface area contributed by atoms with Crippen molar-refractivity contribution in [3.63, 3.8) is 0 Å². The Labute approximate surface area is 124 Å². The highest BCUT2D eigenvalue weighted by molar-refractivity contribution is 6.02. The average molecular weight is 280 g/mol. The number of methoxy groups -OCH3 is 1. The number of benzene rings is 1. The van der Waals surface area contributed by atoms with Crippen LogP contribution in [-0.2, 0) is 4.74 Å². The summed E-state index contributed by atoms with van der Waals surface area (Å²) < 4.78 is 13.6. The van der Waals surface area contributed by atoms with Gasteiger partial charge in [-0.25, -0.2) is 4.58 Å². The minimum absolute atomic E-state index is 0.802. The van der Waals surface area contributed by atoms with E-state index >= 15 is 0 Å². The lowest BCUT2D eigenvalue weighted by molar-refractivity contribution is -0.462. The van der Waals surface area contributed by atoms with E-state index in [4.69, 9.17) is 9.47 Å². The molecule has 0 saturated heterocycles. The fourth-order valence-corrected chi connectivity index (χ4v) is 2.34. The normalized spacial score (nSPS) is 16.3. The van der Waals surface area contributed by atoms with Crippen molar-refractivity contribution in [2.24, 2.45) is 0 Å². The van der Waals surface area contributed by atoms with E-state index in [1.54, 1.807) is 7.11 Å². The highest BCUT2D eigenvalue weighted by Crippen LogP contribution is 2.34. The van der Waals surface area contributed by atoms with Crippen LogP contribution in [0.5, 0.6) is 5.75 Å². The molecule has 0 saturated carbocycles. The van der Waals surface area contributed by atoms with Crippen molar-refractivity contribution in [1.82, 2.24) is 0 Å². The minimum Gasteiger partial charge on any atom is -0.496 e. The lowest BCUT2D eigenvalue weighted by Gasteiger charge is -2.20. The number of rotatable bonds is 1. The van der Waals surface area contributed by atoms with Crippen molar-refractivity contribution in [1.29, 1.82) is 0 Å². The molecule has 0 atom stereocenters. The van der Waals surface area contributed by atoms with Gasteiger partial charge in [-0.15, -0.1) is 0 Å². The van der Waals surface area contributed by atoms with Crippen LogP contribution in [0.1, 0.15) is 5.56 Å². The van der Waals surface area contributed by atoms with Gasteiger partial charge in [0, 0.05) is 23.8 Å². The molecule has 0 amide bonds. The van der Waals surface area contributed by atoms with Crippen molar-refractivity contribution in [3.05, 3.63) is 71.5 Å². The van der Waals surface area contributed by atoms with Crippen LogP contribution in [0, 0.1) is 0 Å². The molecule has 0 spiro atoms. The first-order valence-electron chi connectivity index (χ1n) is 6.86. The van der Waals surface area contributed by atoms with Gasteiger partial charge >= 0.3 is 0 Å². The second kappa shape index (κ2) is 5.44. The summed E-state index contributed by atoms with van der Waals surface area (Å²) in [5, 5.41) is 0. The van der Waals surface area contributed by atoms with Crippen LogP contribution >= 0.6 is 0 Å². The van der Waals surface area contributed by atoms with Crippen LogP contribution in [0.3, 0.4) is 0 Å². The number of para-hydroxylation sites is 1. The molecule has 0 radical (unpaired) electrons. The molecule has 0 unspecified atom stereocenters. The van der Waals surface area contributed by atoms with Crippen LogP contribution < -0.4 is 4.74 Å². The molecular weight excluding hydrogens is 262 g/mol. The summed E-state index contributed by atoms with van der Waals surface area (Å²) in [6.07, 6.45) is 10.2. The van der Waals surface area contributed by atoms with Gasteiger partial charge in [0.2, 0.25) is 0 Å². The zero-order chi connectivity index (χ0) is 14.8. The lowest BCUT2D eigenvalue weighted by Crippen LogP contribution is -2.11. The third-order valence-electron chi connectivity index (χ3n) is 3.52. The summed E-state index contributed by atoms with van der Waals surface area (Å²) in [7, 11) is 5.73. The van der Waals surface area contributed by atoms with E-state index in [1.807, 2.05) is 44.4 Å². The number of ether oxygens (including phenoxy) is 2. The van der Waals surface area contributed by atoms with E-state index in [9.17, 15) is 0 Å². The molecular formula is C18H18NO2+. The average Bonchev–Trinajstić information content (AvgIpc) is 2.53. The van der Waals surface area contributed by atoms with E-state index in [-0.39, 0.29) is 0 Å². The lowest BCUT2D eigenvalue weighted by atomic mass is 10.0. The Morgan fingerprint density at radius 3 is 2.38 bits per heavy atom. The second-order valence-electron chi connectivity index (χ2n) is 5.12. The van der Waals surface area contributed by atoms with Gasteiger partial charge in [0.05, 0.1) is 12.7 Å². The first kappa shape index (κ1) is 13.4. The van der Waals surface area contributed by atoms with E-state index in [2.05, 4.69) is 28.9 Å². The van der Waals surface area contributed by atoms with Crippen molar-refractivity contribution in [2.75, 3.05) is 21.2 Å². The van der Waals surface area contributed by atoms with Crippen molar-refractivity contribution < 1.29 is 14.0 Å². The summed E-state index contributed by atoms with van der Waals surface area (Å²) in [5.74, 6) is 2.45. The molecule has 3 heteroatoms. The number of fused-ring (bicyclic) bond motifs is 1. The van der Waals surface area contributed by atoms with Crippen LogP contribution in [0.2, 0.25) is 0 Å². The quantitative estimate of drug-likeness (QED) is 0.737. The molecule has 3 nitrogen and oxygen atoms in total. The van der Waals surface area contributed by atoms with E-state index < -0.39 is 0 Å². The van der Waals surface area contributed by atoms with Crippen LogP contribution in [0.4, 0.5) is 0 Å². The molecule has 1 aromatic carbocycles. The Balaban J connectivity index is 2.03. The largest absolute Gasteiger partial charge is 0.496 e. The zero-order valence-electron chi connectivity index (χ0n) is 12.5. The van der Waals surface area contributed by atoms with Crippen molar-refractivity contribution >= 4 is 11.5 Å². The molecule has 2 aliphatic rings. The summed E-state index contributed by atoms with van der Waals surface area (Å²) in [4.78, 5) is 0. The van der Waals surface area contributed by atoms with E-state index in [1.165, 1.54) is 0 Å². The second-order valence-corrected chi connectivity index (χ2v) is 5.12. The molecule has 0 N–H and O–H groups in total. The smallest absolute Gasteiger partial charge is 0.199 e. The first-order chi connectivity index (χ1) is 10.2. The van der Waals surface area contributed by atoms with Crippen LogP contribution in [0.25, 0.3) is 5.76 Å².